The van der Waals surface area contributed by atoms with E-state index in [9.17, 15) is 0 Å². The lowest BCUT2D eigenvalue weighted by Gasteiger charge is -2.05. The van der Waals surface area contributed by atoms with E-state index in [-0.39, 0.29) is 0 Å². The van der Waals surface area contributed by atoms with Gasteiger partial charge in [0.1, 0.15) is 5.82 Å². The second-order valence-electron chi connectivity index (χ2n) is 3.88. The van der Waals surface area contributed by atoms with Crippen LogP contribution < -0.4 is 11.5 Å². The average Bonchev–Trinajstić information content (AvgIpc) is 2.65. The zero-order valence-corrected chi connectivity index (χ0v) is 10.2. The minimum atomic E-state index is 0.580. The molecular formula is C12H15ClN4. The van der Waals surface area contributed by atoms with E-state index in [1.165, 1.54) is 0 Å². The van der Waals surface area contributed by atoms with Gasteiger partial charge in [-0.25, -0.2) is 4.68 Å². The Balaban J connectivity index is 2.16. The fourth-order valence-corrected chi connectivity index (χ4v) is 1.80. The molecule has 0 unspecified atom stereocenters. The molecule has 0 spiro atoms. The molecule has 1 heterocycles. The lowest BCUT2D eigenvalue weighted by Crippen LogP contribution is -2.08. The van der Waals surface area contributed by atoms with Gasteiger partial charge in [0.2, 0.25) is 0 Å². The summed E-state index contributed by atoms with van der Waals surface area (Å²) in [6.07, 6.45) is 2.53. The summed E-state index contributed by atoms with van der Waals surface area (Å²) in [5, 5.41) is 4.98. The number of nitrogens with two attached hydrogens (primary N) is 2. The molecular weight excluding hydrogens is 236 g/mol. The Bertz CT molecular complexity index is 490. The minimum absolute atomic E-state index is 0.580. The van der Waals surface area contributed by atoms with Crippen molar-refractivity contribution in [2.75, 3.05) is 12.3 Å². The highest BCUT2D eigenvalue weighted by molar-refractivity contribution is 6.30. The molecule has 5 heteroatoms. The quantitative estimate of drug-likeness (QED) is 0.867. The molecule has 2 rings (SSSR count). The minimum Gasteiger partial charge on any atom is -0.384 e. The van der Waals surface area contributed by atoms with E-state index >= 15 is 0 Å². The second-order valence-corrected chi connectivity index (χ2v) is 4.31. The summed E-state index contributed by atoms with van der Waals surface area (Å²) in [4.78, 5) is 0. The highest BCUT2D eigenvalue weighted by Gasteiger charge is 2.06. The first kappa shape index (κ1) is 12.0. The Hall–Kier alpha value is -1.52. The summed E-state index contributed by atoms with van der Waals surface area (Å²) in [5.41, 5.74) is 13.6. The van der Waals surface area contributed by atoms with Crippen molar-refractivity contribution in [1.29, 1.82) is 0 Å². The third kappa shape index (κ3) is 2.78. The van der Waals surface area contributed by atoms with Crippen molar-refractivity contribution in [1.82, 2.24) is 9.78 Å². The predicted octanol–water partition coefficient (Wildman–Crippen LogP) is 1.67. The van der Waals surface area contributed by atoms with Crippen molar-refractivity contribution in [3.8, 4) is 0 Å². The maximum Gasteiger partial charge on any atom is 0.125 e. The van der Waals surface area contributed by atoms with Crippen molar-refractivity contribution >= 4 is 17.4 Å². The molecule has 1 aromatic heterocycles. The lowest BCUT2D eigenvalue weighted by atomic mass is 10.2. The van der Waals surface area contributed by atoms with Gasteiger partial charge in [0.25, 0.3) is 0 Å². The standard InChI is InChI=1S/C12H15ClN4/c13-11-3-1-9(2-4-11)8-17-12(15)10(5-6-14)7-16-17/h1-4,7H,5-6,8,14-15H2. The average molecular weight is 251 g/mol. The van der Waals surface area contributed by atoms with E-state index in [2.05, 4.69) is 5.10 Å². The summed E-state index contributed by atoms with van der Waals surface area (Å²) >= 11 is 5.83. The van der Waals surface area contributed by atoms with Crippen LogP contribution in [0.15, 0.2) is 30.5 Å². The number of hydrogen-bond acceptors (Lipinski definition) is 3. The Morgan fingerprint density at radius 2 is 1.94 bits per heavy atom. The van der Waals surface area contributed by atoms with Gasteiger partial charge in [0.05, 0.1) is 12.7 Å². The monoisotopic (exact) mass is 250 g/mol. The number of hydrogen-bond donors (Lipinski definition) is 2. The van der Waals surface area contributed by atoms with Gasteiger partial charge in [-0.15, -0.1) is 0 Å². The van der Waals surface area contributed by atoms with Crippen LogP contribution in [-0.2, 0) is 13.0 Å². The van der Waals surface area contributed by atoms with E-state index in [0.29, 0.717) is 18.9 Å². The van der Waals surface area contributed by atoms with Crippen molar-refractivity contribution in [3.63, 3.8) is 0 Å². The molecule has 0 aliphatic rings. The van der Waals surface area contributed by atoms with Gasteiger partial charge >= 0.3 is 0 Å². The largest absolute Gasteiger partial charge is 0.384 e. The summed E-state index contributed by atoms with van der Waals surface area (Å²) in [6, 6.07) is 7.65. The Kier molecular flexibility index (Phi) is 3.66. The van der Waals surface area contributed by atoms with E-state index in [1.807, 2.05) is 24.3 Å². The Morgan fingerprint density at radius 3 is 2.59 bits per heavy atom. The molecule has 0 amide bonds. The van der Waals surface area contributed by atoms with Gasteiger partial charge in [-0.1, -0.05) is 23.7 Å². The molecule has 4 N–H and O–H groups in total. The summed E-state index contributed by atoms with van der Waals surface area (Å²) in [5.74, 6) is 0.686. The summed E-state index contributed by atoms with van der Waals surface area (Å²) < 4.78 is 1.77. The van der Waals surface area contributed by atoms with Crippen LogP contribution in [0.5, 0.6) is 0 Å². The van der Waals surface area contributed by atoms with Crippen LogP contribution in [0.1, 0.15) is 11.1 Å². The smallest absolute Gasteiger partial charge is 0.125 e. The number of anilines is 1. The Morgan fingerprint density at radius 1 is 1.24 bits per heavy atom. The van der Waals surface area contributed by atoms with E-state index < -0.39 is 0 Å². The SMILES string of the molecule is NCCc1cnn(Cc2ccc(Cl)cc2)c1N. The van der Waals surface area contributed by atoms with Crippen molar-refractivity contribution in [2.24, 2.45) is 5.73 Å². The first-order valence-corrected chi connectivity index (χ1v) is 5.83. The van der Waals surface area contributed by atoms with Crippen LogP contribution in [0.25, 0.3) is 0 Å². The summed E-state index contributed by atoms with van der Waals surface area (Å²) in [7, 11) is 0. The van der Waals surface area contributed by atoms with Crippen LogP contribution in [0.3, 0.4) is 0 Å². The van der Waals surface area contributed by atoms with Crippen LogP contribution in [0.4, 0.5) is 5.82 Å². The zero-order valence-electron chi connectivity index (χ0n) is 9.44. The molecule has 1 aromatic carbocycles. The molecule has 0 radical (unpaired) electrons. The van der Waals surface area contributed by atoms with Gasteiger partial charge in [0.15, 0.2) is 0 Å². The fraction of sp³-hybridized carbons (Fsp3) is 0.250. The summed E-state index contributed by atoms with van der Waals surface area (Å²) in [6.45, 7) is 1.23. The van der Waals surface area contributed by atoms with Crippen molar-refractivity contribution in [2.45, 2.75) is 13.0 Å². The van der Waals surface area contributed by atoms with Crippen LogP contribution >= 0.6 is 11.6 Å². The van der Waals surface area contributed by atoms with Gasteiger partial charge in [-0.2, -0.15) is 5.10 Å². The number of nitrogen functional groups attached to an aromatic ring is 1. The molecule has 2 aromatic rings. The van der Waals surface area contributed by atoms with Crippen LogP contribution in [0, 0.1) is 0 Å². The molecule has 4 nitrogen and oxygen atoms in total. The number of halogens is 1. The topological polar surface area (TPSA) is 69.9 Å². The molecule has 0 bridgehead atoms. The molecule has 0 aliphatic carbocycles. The maximum absolute atomic E-state index is 5.99. The van der Waals surface area contributed by atoms with E-state index in [0.717, 1.165) is 22.6 Å². The molecule has 0 aliphatic heterocycles. The van der Waals surface area contributed by atoms with Gasteiger partial charge in [0, 0.05) is 10.6 Å². The van der Waals surface area contributed by atoms with E-state index in [1.54, 1.807) is 10.9 Å². The van der Waals surface area contributed by atoms with Crippen LogP contribution in [-0.4, -0.2) is 16.3 Å². The molecule has 0 saturated carbocycles. The third-order valence-electron chi connectivity index (χ3n) is 2.62. The van der Waals surface area contributed by atoms with Gasteiger partial charge in [-0.3, -0.25) is 0 Å². The second kappa shape index (κ2) is 5.21. The van der Waals surface area contributed by atoms with Crippen molar-refractivity contribution in [3.05, 3.63) is 46.6 Å². The van der Waals surface area contributed by atoms with Gasteiger partial charge < -0.3 is 11.5 Å². The molecule has 90 valence electrons. The first-order valence-electron chi connectivity index (χ1n) is 5.45. The number of nitrogens with zero attached hydrogens (tertiary/aromatic N) is 2. The highest BCUT2D eigenvalue weighted by atomic mass is 35.5. The number of benzene rings is 1. The highest BCUT2D eigenvalue weighted by Crippen LogP contribution is 2.15. The predicted molar refractivity (Wildman–Crippen MR) is 70.0 cm³/mol. The zero-order chi connectivity index (χ0) is 12.3. The maximum atomic E-state index is 5.99. The first-order chi connectivity index (χ1) is 8.20. The van der Waals surface area contributed by atoms with Gasteiger partial charge in [-0.05, 0) is 30.7 Å². The Labute approximate surface area is 105 Å². The third-order valence-corrected chi connectivity index (χ3v) is 2.87. The van der Waals surface area contributed by atoms with E-state index in [4.69, 9.17) is 23.1 Å². The van der Waals surface area contributed by atoms with Crippen LogP contribution in [0.2, 0.25) is 5.02 Å². The normalized spacial score (nSPS) is 10.7. The molecule has 0 saturated heterocycles. The van der Waals surface area contributed by atoms with Crippen molar-refractivity contribution < 1.29 is 0 Å². The number of rotatable bonds is 4. The molecule has 0 atom stereocenters. The molecule has 0 fully saturated rings. The molecule has 17 heavy (non-hydrogen) atoms. The number of aromatic nitrogens is 2. The fourth-order valence-electron chi connectivity index (χ4n) is 1.67. The lowest BCUT2D eigenvalue weighted by molar-refractivity contribution is 0.697.